The monoisotopic (exact) mass is 393 g/mol. The number of hydrogen-bond acceptors (Lipinski definition) is 4. The minimum Gasteiger partial charge on any atom is -0.462 e. The molecule has 0 fully saturated rings. The summed E-state index contributed by atoms with van der Waals surface area (Å²) in [6, 6.07) is 5.15. The molecule has 1 atom stereocenters. The van der Waals surface area contributed by atoms with Crippen molar-refractivity contribution in [2.45, 2.75) is 45.4 Å². The third-order valence-electron chi connectivity index (χ3n) is 4.71. The number of rotatable bonds is 4. The molecule has 2 aliphatic rings. The number of allylic oxidation sites excluding steroid dienone is 3. The molecule has 0 saturated carbocycles. The molecule has 0 spiro atoms. The largest absolute Gasteiger partial charge is 0.462 e. The number of benzene rings is 1. The van der Waals surface area contributed by atoms with Crippen LogP contribution in [-0.2, 0) is 14.3 Å². The van der Waals surface area contributed by atoms with Gasteiger partial charge in [-0.3, -0.25) is 4.79 Å². The molecule has 1 aliphatic heterocycles. The van der Waals surface area contributed by atoms with E-state index in [4.69, 9.17) is 27.9 Å². The van der Waals surface area contributed by atoms with Crippen molar-refractivity contribution in [3.8, 4) is 0 Å². The number of carbonyl (C=O) groups is 2. The molecule has 4 nitrogen and oxygen atoms in total. The molecule has 138 valence electrons. The highest BCUT2D eigenvalue weighted by Crippen LogP contribution is 2.44. The van der Waals surface area contributed by atoms with Crippen LogP contribution in [0.2, 0.25) is 10.0 Å². The molecule has 0 saturated heterocycles. The van der Waals surface area contributed by atoms with E-state index in [0.717, 1.165) is 25.0 Å². The maximum Gasteiger partial charge on any atom is 0.336 e. The molecular weight excluding hydrogens is 373 g/mol. The Morgan fingerprint density at radius 2 is 2.08 bits per heavy atom. The van der Waals surface area contributed by atoms with Crippen molar-refractivity contribution in [1.82, 2.24) is 5.32 Å². The maximum atomic E-state index is 12.8. The van der Waals surface area contributed by atoms with Gasteiger partial charge in [-0.1, -0.05) is 36.2 Å². The summed E-state index contributed by atoms with van der Waals surface area (Å²) < 4.78 is 5.39. The van der Waals surface area contributed by atoms with Crippen LogP contribution in [0.1, 0.15) is 51.0 Å². The van der Waals surface area contributed by atoms with Gasteiger partial charge in [0.25, 0.3) is 0 Å². The van der Waals surface area contributed by atoms with Gasteiger partial charge in [-0.15, -0.1) is 0 Å². The van der Waals surface area contributed by atoms with Crippen molar-refractivity contribution < 1.29 is 14.3 Å². The third kappa shape index (κ3) is 3.53. The molecule has 1 aliphatic carbocycles. The topological polar surface area (TPSA) is 55.4 Å². The zero-order valence-corrected chi connectivity index (χ0v) is 16.3. The van der Waals surface area contributed by atoms with Crippen LogP contribution in [0.5, 0.6) is 0 Å². The lowest BCUT2D eigenvalue weighted by Gasteiger charge is -2.34. The first-order valence-corrected chi connectivity index (χ1v) is 9.55. The van der Waals surface area contributed by atoms with Crippen LogP contribution < -0.4 is 5.32 Å². The van der Waals surface area contributed by atoms with Crippen LogP contribution in [0.25, 0.3) is 0 Å². The van der Waals surface area contributed by atoms with Gasteiger partial charge in [-0.05, 0) is 43.9 Å². The Bertz CT molecular complexity index is 826. The highest BCUT2D eigenvalue weighted by molar-refractivity contribution is 6.35. The lowest BCUT2D eigenvalue weighted by molar-refractivity contribution is -0.139. The Kier molecular flexibility index (Phi) is 5.73. The summed E-state index contributed by atoms with van der Waals surface area (Å²) in [6.45, 7) is 4.10. The fourth-order valence-electron chi connectivity index (χ4n) is 3.57. The maximum absolute atomic E-state index is 12.8. The molecule has 0 unspecified atom stereocenters. The summed E-state index contributed by atoms with van der Waals surface area (Å²) >= 11 is 12.5. The van der Waals surface area contributed by atoms with Crippen LogP contribution in [0.15, 0.2) is 40.7 Å². The smallest absolute Gasteiger partial charge is 0.336 e. The average molecular weight is 394 g/mol. The van der Waals surface area contributed by atoms with E-state index in [0.29, 0.717) is 45.5 Å². The van der Waals surface area contributed by atoms with E-state index in [2.05, 4.69) is 5.32 Å². The van der Waals surface area contributed by atoms with Gasteiger partial charge < -0.3 is 10.1 Å². The van der Waals surface area contributed by atoms with Gasteiger partial charge in [-0.25, -0.2) is 4.79 Å². The second kappa shape index (κ2) is 7.85. The normalized spacial score (nSPS) is 20.0. The quantitative estimate of drug-likeness (QED) is 0.737. The van der Waals surface area contributed by atoms with E-state index in [1.54, 1.807) is 18.2 Å². The summed E-state index contributed by atoms with van der Waals surface area (Å²) in [4.78, 5) is 25.5. The predicted octanol–water partition coefficient (Wildman–Crippen LogP) is 4.91. The van der Waals surface area contributed by atoms with E-state index in [9.17, 15) is 9.59 Å². The standard InChI is InChI=1S/C20H21Cl2NO3/c1-3-9-26-20(25)17-11(2)23-15-5-4-6-16(24)19(15)18(17)13-8-7-12(21)10-14(13)22/h7-8,10,18,23H,3-6,9H2,1-2H3/t18-/m0/s1. The van der Waals surface area contributed by atoms with Crippen molar-refractivity contribution in [1.29, 1.82) is 0 Å². The second-order valence-corrected chi connectivity index (χ2v) is 7.41. The highest BCUT2D eigenvalue weighted by atomic mass is 35.5. The SMILES string of the molecule is CCCOC(=O)C1=C(C)NC2=C(C(=O)CCC2)[C@H]1c1ccc(Cl)cc1Cl. The zero-order valence-electron chi connectivity index (χ0n) is 14.8. The number of halogens is 2. The first-order valence-electron chi connectivity index (χ1n) is 8.80. The van der Waals surface area contributed by atoms with E-state index >= 15 is 0 Å². The van der Waals surface area contributed by atoms with Crippen LogP contribution in [0, 0.1) is 0 Å². The van der Waals surface area contributed by atoms with E-state index in [-0.39, 0.29) is 5.78 Å². The van der Waals surface area contributed by atoms with Crippen LogP contribution in [-0.4, -0.2) is 18.4 Å². The molecule has 1 aromatic rings. The van der Waals surface area contributed by atoms with Gasteiger partial charge in [0.15, 0.2) is 5.78 Å². The number of esters is 1. The van der Waals surface area contributed by atoms with Gasteiger partial charge >= 0.3 is 5.97 Å². The first-order chi connectivity index (χ1) is 12.4. The van der Waals surface area contributed by atoms with E-state index < -0.39 is 11.9 Å². The lowest BCUT2D eigenvalue weighted by Crippen LogP contribution is -2.34. The van der Waals surface area contributed by atoms with Gasteiger partial charge in [0.1, 0.15) is 0 Å². The summed E-state index contributed by atoms with van der Waals surface area (Å²) in [5.41, 5.74) is 3.34. The Morgan fingerprint density at radius 3 is 2.77 bits per heavy atom. The summed E-state index contributed by atoms with van der Waals surface area (Å²) in [7, 11) is 0. The van der Waals surface area contributed by atoms with E-state index in [1.807, 2.05) is 13.8 Å². The van der Waals surface area contributed by atoms with E-state index in [1.165, 1.54) is 0 Å². The molecule has 1 heterocycles. The molecule has 0 radical (unpaired) electrons. The molecule has 6 heteroatoms. The minimum absolute atomic E-state index is 0.0445. The molecular formula is C20H21Cl2NO3. The Labute approximate surface area is 163 Å². The number of ether oxygens (including phenoxy) is 1. The zero-order chi connectivity index (χ0) is 18.8. The molecule has 0 amide bonds. The number of nitrogens with one attached hydrogen (secondary N) is 1. The van der Waals surface area contributed by atoms with Crippen LogP contribution in [0.3, 0.4) is 0 Å². The molecule has 0 bridgehead atoms. The summed E-state index contributed by atoms with van der Waals surface area (Å²) in [5.74, 6) is -0.908. The predicted molar refractivity (Wildman–Crippen MR) is 102 cm³/mol. The summed E-state index contributed by atoms with van der Waals surface area (Å²) in [5, 5.41) is 4.20. The first kappa shape index (κ1) is 19.0. The average Bonchev–Trinajstić information content (AvgIpc) is 2.59. The number of hydrogen-bond donors (Lipinski definition) is 1. The number of ketones is 1. The lowest BCUT2D eigenvalue weighted by atomic mass is 9.75. The third-order valence-corrected chi connectivity index (χ3v) is 5.27. The Hall–Kier alpha value is -1.78. The van der Waals surface area contributed by atoms with Gasteiger partial charge in [-0.2, -0.15) is 0 Å². The molecule has 0 aromatic heterocycles. The Balaban J connectivity index is 2.15. The Morgan fingerprint density at radius 1 is 1.31 bits per heavy atom. The molecule has 1 N–H and O–H groups in total. The highest BCUT2D eigenvalue weighted by Gasteiger charge is 2.39. The number of carbonyl (C=O) groups excluding carboxylic acids is 2. The van der Waals surface area contributed by atoms with Crippen molar-refractivity contribution in [3.63, 3.8) is 0 Å². The fraction of sp³-hybridized carbons (Fsp3) is 0.400. The minimum atomic E-state index is -0.534. The van der Waals surface area contributed by atoms with Crippen molar-refractivity contribution >= 4 is 35.0 Å². The molecule has 26 heavy (non-hydrogen) atoms. The van der Waals surface area contributed by atoms with Crippen molar-refractivity contribution in [3.05, 3.63) is 56.3 Å². The summed E-state index contributed by atoms with van der Waals surface area (Å²) in [6.07, 6.45) is 2.77. The number of Topliss-reactive ketones (excluding diaryl/α,β-unsaturated/α-hetero) is 1. The fourth-order valence-corrected chi connectivity index (χ4v) is 4.09. The van der Waals surface area contributed by atoms with Gasteiger partial charge in [0.2, 0.25) is 0 Å². The van der Waals surface area contributed by atoms with Gasteiger partial charge in [0.05, 0.1) is 12.2 Å². The second-order valence-electron chi connectivity index (χ2n) is 6.57. The van der Waals surface area contributed by atoms with Crippen molar-refractivity contribution in [2.75, 3.05) is 6.61 Å². The number of dihydropyridines is 1. The molecule has 3 rings (SSSR count). The van der Waals surface area contributed by atoms with Crippen molar-refractivity contribution in [2.24, 2.45) is 0 Å². The van der Waals surface area contributed by atoms with Crippen LogP contribution >= 0.6 is 23.2 Å². The van der Waals surface area contributed by atoms with Crippen LogP contribution in [0.4, 0.5) is 0 Å². The van der Waals surface area contributed by atoms with Gasteiger partial charge in [0, 0.05) is 39.4 Å². The molecule has 1 aromatic carbocycles.